The quantitative estimate of drug-likeness (QED) is 0.555. The third-order valence-corrected chi connectivity index (χ3v) is 1.61. The van der Waals surface area contributed by atoms with Crippen LogP contribution >= 0.6 is 0 Å². The second-order valence-electron chi connectivity index (χ2n) is 2.30. The van der Waals surface area contributed by atoms with Crippen molar-refractivity contribution in [2.75, 3.05) is 12.0 Å². The first-order valence-corrected chi connectivity index (χ1v) is 3.38. The molecule has 1 radical (unpaired) electrons. The van der Waals surface area contributed by atoms with Gasteiger partial charge in [0.25, 0.3) is 0 Å². The molecule has 2 rings (SSSR count). The second-order valence-corrected chi connectivity index (χ2v) is 2.30. The predicted molar refractivity (Wildman–Crippen MR) is 41.5 cm³/mol. The molecule has 0 aliphatic carbocycles. The molecule has 0 fully saturated rings. The van der Waals surface area contributed by atoms with E-state index in [4.69, 9.17) is 0 Å². The molecule has 0 unspecified atom stereocenters. The summed E-state index contributed by atoms with van der Waals surface area (Å²) in [5.74, 6) is 0. The SMILES string of the molecule is [CH]1CNNc2ccccc21. The normalized spacial score (nSPS) is 15.6. The number of para-hydroxylation sites is 1. The molecule has 0 bridgehead atoms. The van der Waals surface area contributed by atoms with Gasteiger partial charge in [-0.25, -0.2) is 5.43 Å². The Hall–Kier alpha value is -1.02. The Morgan fingerprint density at radius 2 is 2.10 bits per heavy atom. The molecule has 1 aliphatic rings. The van der Waals surface area contributed by atoms with Crippen LogP contribution in [0.2, 0.25) is 0 Å². The molecule has 51 valence electrons. The molecule has 1 aromatic rings. The van der Waals surface area contributed by atoms with Crippen LogP contribution in [0.5, 0.6) is 0 Å². The number of anilines is 1. The molecular formula is C8H9N2. The summed E-state index contributed by atoms with van der Waals surface area (Å²) >= 11 is 0. The Morgan fingerprint density at radius 1 is 1.20 bits per heavy atom. The Bertz CT molecular complexity index is 207. The van der Waals surface area contributed by atoms with E-state index in [1.54, 1.807) is 0 Å². The number of fused-ring (bicyclic) bond motifs is 1. The van der Waals surface area contributed by atoms with Crippen LogP contribution in [0.1, 0.15) is 5.56 Å². The Morgan fingerprint density at radius 3 is 3.00 bits per heavy atom. The molecule has 2 heteroatoms. The summed E-state index contributed by atoms with van der Waals surface area (Å²) < 4.78 is 0. The van der Waals surface area contributed by atoms with Crippen molar-refractivity contribution >= 4 is 5.69 Å². The lowest BCUT2D eigenvalue weighted by molar-refractivity contribution is 0.838. The Kier molecular flexibility index (Phi) is 1.32. The van der Waals surface area contributed by atoms with E-state index in [0.717, 1.165) is 12.2 Å². The molecule has 1 heterocycles. The first-order valence-electron chi connectivity index (χ1n) is 3.38. The molecule has 0 spiro atoms. The van der Waals surface area contributed by atoms with Gasteiger partial charge in [-0.3, -0.25) is 0 Å². The van der Waals surface area contributed by atoms with Crippen LogP contribution in [0.15, 0.2) is 24.3 Å². The average Bonchev–Trinajstić information content (AvgIpc) is 2.05. The zero-order valence-corrected chi connectivity index (χ0v) is 5.59. The first-order chi connectivity index (χ1) is 4.97. The minimum atomic E-state index is 0.900. The summed E-state index contributed by atoms with van der Waals surface area (Å²) in [4.78, 5) is 0. The van der Waals surface area contributed by atoms with Gasteiger partial charge in [-0.05, 0) is 11.6 Å². The molecular weight excluding hydrogens is 124 g/mol. The van der Waals surface area contributed by atoms with Crippen LogP contribution in [0.25, 0.3) is 0 Å². The zero-order valence-electron chi connectivity index (χ0n) is 5.59. The smallest absolute Gasteiger partial charge is 0.0523 e. The van der Waals surface area contributed by atoms with Gasteiger partial charge in [0, 0.05) is 13.0 Å². The molecule has 0 aromatic heterocycles. The van der Waals surface area contributed by atoms with Gasteiger partial charge in [-0.1, -0.05) is 18.2 Å². The average molecular weight is 133 g/mol. The van der Waals surface area contributed by atoms with Gasteiger partial charge in [-0.2, -0.15) is 0 Å². The van der Waals surface area contributed by atoms with E-state index in [1.165, 1.54) is 5.56 Å². The molecule has 0 saturated heterocycles. The van der Waals surface area contributed by atoms with E-state index in [2.05, 4.69) is 29.4 Å². The van der Waals surface area contributed by atoms with Gasteiger partial charge in [0.15, 0.2) is 0 Å². The van der Waals surface area contributed by atoms with Crippen molar-refractivity contribution in [3.63, 3.8) is 0 Å². The summed E-state index contributed by atoms with van der Waals surface area (Å²) in [5.41, 5.74) is 8.56. The topological polar surface area (TPSA) is 24.1 Å². The molecule has 2 N–H and O–H groups in total. The van der Waals surface area contributed by atoms with Crippen molar-refractivity contribution in [2.45, 2.75) is 0 Å². The number of hydrogen-bond donors (Lipinski definition) is 2. The number of rotatable bonds is 0. The monoisotopic (exact) mass is 133 g/mol. The molecule has 2 nitrogen and oxygen atoms in total. The van der Waals surface area contributed by atoms with E-state index >= 15 is 0 Å². The summed E-state index contributed by atoms with van der Waals surface area (Å²) in [6.45, 7) is 0.900. The summed E-state index contributed by atoms with van der Waals surface area (Å²) in [6.07, 6.45) is 2.16. The van der Waals surface area contributed by atoms with E-state index in [1.807, 2.05) is 12.1 Å². The zero-order chi connectivity index (χ0) is 6.81. The first kappa shape index (κ1) is 5.74. The molecule has 0 atom stereocenters. The highest BCUT2D eigenvalue weighted by Crippen LogP contribution is 2.17. The maximum atomic E-state index is 3.08. The predicted octanol–water partition coefficient (Wildman–Crippen LogP) is 1.17. The van der Waals surface area contributed by atoms with Gasteiger partial charge >= 0.3 is 0 Å². The van der Waals surface area contributed by atoms with Crippen molar-refractivity contribution in [1.82, 2.24) is 5.43 Å². The maximum absolute atomic E-state index is 3.08. The molecule has 10 heavy (non-hydrogen) atoms. The van der Waals surface area contributed by atoms with Gasteiger partial charge in [0.05, 0.1) is 5.69 Å². The molecule has 0 amide bonds. The third-order valence-electron chi connectivity index (χ3n) is 1.61. The van der Waals surface area contributed by atoms with Crippen LogP contribution < -0.4 is 10.9 Å². The lowest BCUT2D eigenvalue weighted by Crippen LogP contribution is -2.28. The van der Waals surface area contributed by atoms with Crippen molar-refractivity contribution in [3.8, 4) is 0 Å². The fraction of sp³-hybridized carbons (Fsp3) is 0.125. The summed E-state index contributed by atoms with van der Waals surface area (Å²) in [7, 11) is 0. The van der Waals surface area contributed by atoms with E-state index in [9.17, 15) is 0 Å². The highest BCUT2D eigenvalue weighted by Gasteiger charge is 2.04. The third kappa shape index (κ3) is 0.866. The fourth-order valence-electron chi connectivity index (χ4n) is 1.10. The maximum Gasteiger partial charge on any atom is 0.0523 e. The lowest BCUT2D eigenvalue weighted by Gasteiger charge is -2.17. The molecule has 1 aliphatic heterocycles. The largest absolute Gasteiger partial charge is 0.321 e. The minimum absolute atomic E-state index is 0.900. The van der Waals surface area contributed by atoms with Gasteiger partial charge < -0.3 is 5.43 Å². The van der Waals surface area contributed by atoms with Crippen LogP contribution in [0.4, 0.5) is 5.69 Å². The van der Waals surface area contributed by atoms with Crippen LogP contribution in [0, 0.1) is 6.42 Å². The van der Waals surface area contributed by atoms with Crippen LogP contribution in [0.3, 0.4) is 0 Å². The highest BCUT2D eigenvalue weighted by molar-refractivity contribution is 5.55. The van der Waals surface area contributed by atoms with E-state index in [-0.39, 0.29) is 0 Å². The van der Waals surface area contributed by atoms with Crippen molar-refractivity contribution in [1.29, 1.82) is 0 Å². The number of benzene rings is 1. The molecule has 0 saturated carbocycles. The van der Waals surface area contributed by atoms with E-state index in [0.29, 0.717) is 0 Å². The summed E-state index contributed by atoms with van der Waals surface area (Å²) in [5, 5.41) is 0. The summed E-state index contributed by atoms with van der Waals surface area (Å²) in [6, 6.07) is 8.22. The number of nitrogens with one attached hydrogen (secondary N) is 2. The number of hydrazine groups is 1. The minimum Gasteiger partial charge on any atom is -0.321 e. The second kappa shape index (κ2) is 2.31. The van der Waals surface area contributed by atoms with Crippen molar-refractivity contribution in [3.05, 3.63) is 36.2 Å². The van der Waals surface area contributed by atoms with Gasteiger partial charge in [-0.15, -0.1) is 0 Å². The Labute approximate surface area is 60.2 Å². The van der Waals surface area contributed by atoms with Crippen LogP contribution in [-0.4, -0.2) is 6.54 Å². The Balaban J connectivity index is 2.41. The number of hydrogen-bond acceptors (Lipinski definition) is 2. The van der Waals surface area contributed by atoms with Crippen molar-refractivity contribution in [2.24, 2.45) is 0 Å². The van der Waals surface area contributed by atoms with E-state index < -0.39 is 0 Å². The fourth-order valence-corrected chi connectivity index (χ4v) is 1.10. The van der Waals surface area contributed by atoms with Crippen LogP contribution in [-0.2, 0) is 0 Å². The highest BCUT2D eigenvalue weighted by atomic mass is 15.4. The standard InChI is InChI=1S/C8H9N2/c1-2-4-8-7(3-1)5-6-9-10-8/h1-5,9-10H,6H2. The van der Waals surface area contributed by atoms with Gasteiger partial charge in [0.1, 0.15) is 0 Å². The van der Waals surface area contributed by atoms with Crippen molar-refractivity contribution < 1.29 is 0 Å². The molecule has 1 aromatic carbocycles. The van der Waals surface area contributed by atoms with Gasteiger partial charge in [0.2, 0.25) is 0 Å². The lowest BCUT2D eigenvalue weighted by atomic mass is 10.1.